The summed E-state index contributed by atoms with van der Waals surface area (Å²) in [6.07, 6.45) is 4.26. The van der Waals surface area contributed by atoms with Gasteiger partial charge in [-0.05, 0) is 44.4 Å². The van der Waals surface area contributed by atoms with Crippen molar-refractivity contribution >= 4 is 11.0 Å². The first kappa shape index (κ1) is 13.6. The Morgan fingerprint density at radius 3 is 3.20 bits per heavy atom. The van der Waals surface area contributed by atoms with E-state index in [0.717, 1.165) is 38.2 Å². The lowest BCUT2D eigenvalue weighted by atomic mass is 10.0. The van der Waals surface area contributed by atoms with E-state index < -0.39 is 0 Å². The zero-order valence-electron chi connectivity index (χ0n) is 12.1. The summed E-state index contributed by atoms with van der Waals surface area (Å²) >= 11 is 0. The van der Waals surface area contributed by atoms with Gasteiger partial charge < -0.3 is 14.6 Å². The Hall–Kier alpha value is -1.39. The molecule has 0 bridgehead atoms. The van der Waals surface area contributed by atoms with Gasteiger partial charge in [0.2, 0.25) is 0 Å². The molecule has 3 rings (SSSR count). The molecule has 2 aromatic rings. The molecular formula is C16H23N3O. The summed E-state index contributed by atoms with van der Waals surface area (Å²) < 4.78 is 7.68. The molecule has 1 N–H and O–H groups in total. The predicted octanol–water partition coefficient (Wildman–Crippen LogP) is 2.44. The Balaban J connectivity index is 1.45. The van der Waals surface area contributed by atoms with Crippen LogP contribution in [0.15, 0.2) is 30.6 Å². The maximum absolute atomic E-state index is 5.44. The molecule has 4 heteroatoms. The quantitative estimate of drug-likeness (QED) is 0.822. The van der Waals surface area contributed by atoms with Crippen molar-refractivity contribution in [3.63, 3.8) is 0 Å². The van der Waals surface area contributed by atoms with E-state index >= 15 is 0 Å². The van der Waals surface area contributed by atoms with Gasteiger partial charge in [-0.25, -0.2) is 4.98 Å². The van der Waals surface area contributed by atoms with E-state index in [9.17, 15) is 0 Å². The average Bonchev–Trinajstić information content (AvgIpc) is 3.13. The number of ether oxygens (including phenoxy) is 1. The van der Waals surface area contributed by atoms with Crippen LogP contribution < -0.4 is 5.32 Å². The smallest absolute Gasteiger partial charge is 0.0958 e. The van der Waals surface area contributed by atoms with Gasteiger partial charge in [-0.3, -0.25) is 0 Å². The van der Waals surface area contributed by atoms with E-state index in [-0.39, 0.29) is 0 Å². The number of imidazole rings is 1. The third-order valence-electron chi connectivity index (χ3n) is 4.24. The number of rotatable bonds is 6. The Bertz CT molecular complexity index is 545. The van der Waals surface area contributed by atoms with Crippen molar-refractivity contribution in [2.75, 3.05) is 19.8 Å². The first-order chi connectivity index (χ1) is 9.84. The van der Waals surface area contributed by atoms with Crippen LogP contribution in [0.5, 0.6) is 0 Å². The van der Waals surface area contributed by atoms with Crippen LogP contribution in [0.1, 0.15) is 19.8 Å². The molecule has 0 amide bonds. The molecule has 1 aromatic carbocycles. The van der Waals surface area contributed by atoms with Crippen LogP contribution >= 0.6 is 0 Å². The highest BCUT2D eigenvalue weighted by atomic mass is 16.5. The summed E-state index contributed by atoms with van der Waals surface area (Å²) in [5.41, 5.74) is 2.31. The van der Waals surface area contributed by atoms with Gasteiger partial charge in [0.05, 0.1) is 24.0 Å². The molecule has 1 saturated heterocycles. The summed E-state index contributed by atoms with van der Waals surface area (Å²) in [4.78, 5) is 4.42. The number of nitrogens with zero attached hydrogens (tertiary/aromatic N) is 2. The Morgan fingerprint density at radius 1 is 1.45 bits per heavy atom. The summed E-state index contributed by atoms with van der Waals surface area (Å²) in [6.45, 7) is 6.18. The van der Waals surface area contributed by atoms with Gasteiger partial charge in [-0.2, -0.15) is 0 Å². The van der Waals surface area contributed by atoms with Crippen molar-refractivity contribution in [1.29, 1.82) is 0 Å². The SMILES string of the molecule is CC(NCCCn1cnc2ccccc21)C1CCOC1. The molecule has 2 atom stereocenters. The highest BCUT2D eigenvalue weighted by Gasteiger charge is 2.21. The van der Waals surface area contributed by atoms with Crippen LogP contribution in [0.4, 0.5) is 0 Å². The van der Waals surface area contributed by atoms with Crippen molar-refractivity contribution in [2.45, 2.75) is 32.4 Å². The molecule has 4 nitrogen and oxygen atoms in total. The highest BCUT2D eigenvalue weighted by Crippen LogP contribution is 2.16. The minimum Gasteiger partial charge on any atom is -0.381 e. The molecule has 2 unspecified atom stereocenters. The third-order valence-corrected chi connectivity index (χ3v) is 4.24. The normalized spacial score (nSPS) is 20.6. The summed E-state index contributed by atoms with van der Waals surface area (Å²) in [6, 6.07) is 8.85. The van der Waals surface area contributed by atoms with E-state index in [4.69, 9.17) is 4.74 Å². The third kappa shape index (κ3) is 3.02. The fourth-order valence-corrected chi connectivity index (χ4v) is 2.88. The Labute approximate surface area is 120 Å². The van der Waals surface area contributed by atoms with Crippen molar-refractivity contribution in [3.05, 3.63) is 30.6 Å². The number of fused-ring (bicyclic) bond motifs is 1. The monoisotopic (exact) mass is 273 g/mol. The number of hydrogen-bond donors (Lipinski definition) is 1. The van der Waals surface area contributed by atoms with E-state index in [0.29, 0.717) is 12.0 Å². The Kier molecular flexibility index (Phi) is 4.33. The van der Waals surface area contributed by atoms with Gasteiger partial charge in [-0.1, -0.05) is 12.1 Å². The lowest BCUT2D eigenvalue weighted by molar-refractivity contribution is 0.178. The summed E-state index contributed by atoms with van der Waals surface area (Å²) in [5, 5.41) is 3.62. The number of benzene rings is 1. The van der Waals surface area contributed by atoms with E-state index in [1.165, 1.54) is 11.9 Å². The molecule has 1 fully saturated rings. The second kappa shape index (κ2) is 6.37. The molecule has 1 aliphatic rings. The van der Waals surface area contributed by atoms with Crippen LogP contribution in [0.3, 0.4) is 0 Å². The Morgan fingerprint density at radius 2 is 2.35 bits per heavy atom. The largest absolute Gasteiger partial charge is 0.381 e. The van der Waals surface area contributed by atoms with Gasteiger partial charge >= 0.3 is 0 Å². The fourth-order valence-electron chi connectivity index (χ4n) is 2.88. The van der Waals surface area contributed by atoms with Gasteiger partial charge in [0.1, 0.15) is 0 Å². The van der Waals surface area contributed by atoms with Crippen molar-refractivity contribution < 1.29 is 4.74 Å². The second-order valence-electron chi connectivity index (χ2n) is 5.65. The lowest BCUT2D eigenvalue weighted by Crippen LogP contribution is -2.34. The minimum atomic E-state index is 0.553. The standard InChI is InChI=1S/C16H23N3O/c1-13(14-7-10-20-11-14)17-8-4-9-19-12-18-15-5-2-3-6-16(15)19/h2-3,5-6,12-14,17H,4,7-11H2,1H3. The van der Waals surface area contributed by atoms with Crippen molar-refractivity contribution in [2.24, 2.45) is 5.92 Å². The van der Waals surface area contributed by atoms with Gasteiger partial charge in [0.25, 0.3) is 0 Å². The summed E-state index contributed by atoms with van der Waals surface area (Å²) in [5.74, 6) is 0.684. The van der Waals surface area contributed by atoms with Gasteiger partial charge in [-0.15, -0.1) is 0 Å². The zero-order chi connectivity index (χ0) is 13.8. The predicted molar refractivity (Wildman–Crippen MR) is 80.7 cm³/mol. The lowest BCUT2D eigenvalue weighted by Gasteiger charge is -2.19. The second-order valence-corrected chi connectivity index (χ2v) is 5.65. The molecule has 0 saturated carbocycles. The molecular weight excluding hydrogens is 250 g/mol. The minimum absolute atomic E-state index is 0.553. The number of nitrogens with one attached hydrogen (secondary N) is 1. The van der Waals surface area contributed by atoms with E-state index in [1.54, 1.807) is 0 Å². The first-order valence-corrected chi connectivity index (χ1v) is 7.55. The molecule has 0 aliphatic carbocycles. The number of para-hydroxylation sites is 2. The summed E-state index contributed by atoms with van der Waals surface area (Å²) in [7, 11) is 0. The fraction of sp³-hybridized carbons (Fsp3) is 0.562. The van der Waals surface area contributed by atoms with Crippen LogP contribution in [-0.4, -0.2) is 35.4 Å². The van der Waals surface area contributed by atoms with Crippen molar-refractivity contribution in [3.8, 4) is 0 Å². The number of hydrogen-bond acceptors (Lipinski definition) is 3. The van der Waals surface area contributed by atoms with Crippen LogP contribution in [-0.2, 0) is 11.3 Å². The maximum atomic E-state index is 5.44. The average molecular weight is 273 g/mol. The maximum Gasteiger partial charge on any atom is 0.0958 e. The number of aryl methyl sites for hydroxylation is 1. The molecule has 20 heavy (non-hydrogen) atoms. The van der Waals surface area contributed by atoms with Crippen molar-refractivity contribution in [1.82, 2.24) is 14.9 Å². The first-order valence-electron chi connectivity index (χ1n) is 7.55. The van der Waals surface area contributed by atoms with Crippen LogP contribution in [0.2, 0.25) is 0 Å². The molecule has 0 spiro atoms. The van der Waals surface area contributed by atoms with E-state index in [2.05, 4.69) is 40.0 Å². The number of aromatic nitrogens is 2. The van der Waals surface area contributed by atoms with Crippen LogP contribution in [0.25, 0.3) is 11.0 Å². The molecule has 1 aliphatic heterocycles. The molecule has 0 radical (unpaired) electrons. The van der Waals surface area contributed by atoms with Gasteiger partial charge in [0, 0.05) is 19.2 Å². The van der Waals surface area contributed by atoms with E-state index in [1.807, 2.05) is 12.4 Å². The zero-order valence-corrected chi connectivity index (χ0v) is 12.1. The van der Waals surface area contributed by atoms with Crippen LogP contribution in [0, 0.1) is 5.92 Å². The molecule has 2 heterocycles. The van der Waals surface area contributed by atoms with Gasteiger partial charge in [0.15, 0.2) is 0 Å². The molecule has 1 aromatic heterocycles. The highest BCUT2D eigenvalue weighted by molar-refractivity contribution is 5.74. The topological polar surface area (TPSA) is 39.1 Å². The molecule has 108 valence electrons.